The molecule has 3 aromatic rings. The second kappa shape index (κ2) is 14.1. The molecule has 2 heterocycles. The average Bonchev–Trinajstić information content (AvgIpc) is 3.36. The second-order valence-electron chi connectivity index (χ2n) is 10.6. The van der Waals surface area contributed by atoms with E-state index in [1.165, 1.54) is 17.4 Å². The topological polar surface area (TPSA) is 120 Å². The molecule has 1 aliphatic heterocycles. The lowest BCUT2D eigenvalue weighted by Gasteiger charge is -2.48. The summed E-state index contributed by atoms with van der Waals surface area (Å²) in [6.07, 6.45) is 1.03. The first-order chi connectivity index (χ1) is 19.9. The van der Waals surface area contributed by atoms with Crippen molar-refractivity contribution in [1.82, 2.24) is 14.7 Å². The lowest BCUT2D eigenvalue weighted by atomic mass is 9.77. The van der Waals surface area contributed by atoms with Gasteiger partial charge in [-0.1, -0.05) is 81.8 Å². The highest BCUT2D eigenvalue weighted by atomic mass is 127. The van der Waals surface area contributed by atoms with E-state index in [0.717, 1.165) is 11.3 Å². The van der Waals surface area contributed by atoms with Crippen LogP contribution >= 0.6 is 62.2 Å². The van der Waals surface area contributed by atoms with Crippen LogP contribution in [-0.2, 0) is 6.54 Å². The number of rotatable bonds is 11. The highest BCUT2D eigenvalue weighted by molar-refractivity contribution is 14.3. The number of likely N-dealkylation sites (tertiary alicyclic amines) is 1. The standard InChI is InChI=1S/C30H37I3N4O5/c1-19-24(17-37(35-19)23-11-8-21(31-4)9-12-23)27(39)34-22-10-7-20(25(15-22)42-28(32-5)33-6)16-36-14-13-26(38)30(41,18-36)29(2,3)40/h7-12,15,17,26,28,38,40-41H,4-6,13-14,16,18H2,1-3H3,(H,34,39)/t26-,30+/m1/s1. The number of benzene rings is 2. The highest BCUT2D eigenvalue weighted by Gasteiger charge is 2.51. The molecule has 0 radical (unpaired) electrons. The fraction of sp³-hybridized carbons (Fsp3) is 0.367. The third-order valence-electron chi connectivity index (χ3n) is 7.36. The van der Waals surface area contributed by atoms with Crippen LogP contribution in [0.1, 0.15) is 41.9 Å². The van der Waals surface area contributed by atoms with Crippen LogP contribution in [0.15, 0.2) is 48.7 Å². The van der Waals surface area contributed by atoms with Crippen molar-refractivity contribution in [3.63, 3.8) is 0 Å². The van der Waals surface area contributed by atoms with E-state index in [9.17, 15) is 20.1 Å². The molecule has 0 spiro atoms. The van der Waals surface area contributed by atoms with Gasteiger partial charge in [-0.3, -0.25) is 9.69 Å². The maximum absolute atomic E-state index is 13.3. The van der Waals surface area contributed by atoms with Crippen molar-refractivity contribution in [2.24, 2.45) is 0 Å². The third kappa shape index (κ3) is 7.61. The summed E-state index contributed by atoms with van der Waals surface area (Å²) in [7, 11) is 0. The zero-order valence-electron chi connectivity index (χ0n) is 23.9. The molecule has 0 saturated carbocycles. The van der Waals surface area contributed by atoms with Crippen molar-refractivity contribution in [1.29, 1.82) is 0 Å². The molecule has 42 heavy (non-hydrogen) atoms. The van der Waals surface area contributed by atoms with E-state index in [1.807, 2.05) is 54.3 Å². The van der Waals surface area contributed by atoms with Gasteiger partial charge in [0.05, 0.1) is 28.6 Å². The Morgan fingerprint density at radius 2 is 1.90 bits per heavy atom. The number of carbonyl (C=O) groups excluding carboxylic acids is 1. The number of β-amino-alcohol motifs (C(OH)–C–C–N with tert-alkyl or cyclic N) is 1. The van der Waals surface area contributed by atoms with Crippen molar-refractivity contribution >= 4 is 87.3 Å². The third-order valence-corrected chi connectivity index (χ3v) is 15.3. The summed E-state index contributed by atoms with van der Waals surface area (Å²) in [5.74, 6) is 0.354. The Labute approximate surface area is 276 Å². The molecule has 12 heteroatoms. The van der Waals surface area contributed by atoms with E-state index in [1.54, 1.807) is 10.9 Å². The Kier molecular flexibility index (Phi) is 11.2. The Hall–Kier alpha value is -1.44. The summed E-state index contributed by atoms with van der Waals surface area (Å²) < 4.78 is 21.5. The number of nitrogens with zero attached hydrogens (tertiary/aromatic N) is 3. The second-order valence-corrected chi connectivity index (χ2v) is 19.1. The van der Waals surface area contributed by atoms with Gasteiger partial charge in [-0.25, -0.2) is 4.68 Å². The molecule has 0 bridgehead atoms. The van der Waals surface area contributed by atoms with Gasteiger partial charge >= 0.3 is 0 Å². The van der Waals surface area contributed by atoms with Gasteiger partial charge in [0.2, 0.25) is 0 Å². The Bertz CT molecular complexity index is 1460. The van der Waals surface area contributed by atoms with Crippen molar-refractivity contribution in [3.8, 4) is 11.4 Å². The molecule has 4 rings (SSSR count). The number of anilines is 1. The van der Waals surface area contributed by atoms with Crippen molar-refractivity contribution in [2.75, 3.05) is 18.4 Å². The number of hydrogen-bond acceptors (Lipinski definition) is 7. The van der Waals surface area contributed by atoms with E-state index in [4.69, 9.17) is 4.74 Å². The molecule has 0 aliphatic carbocycles. The fourth-order valence-corrected chi connectivity index (χ4v) is 8.41. The molecular formula is C30H37I3N4O5. The van der Waals surface area contributed by atoms with E-state index in [2.05, 4.69) is 24.0 Å². The van der Waals surface area contributed by atoms with Gasteiger partial charge in [0.15, 0.2) is 2.12 Å². The largest absolute Gasteiger partial charge is 0.471 e. The van der Waals surface area contributed by atoms with Crippen LogP contribution < -0.4 is 10.1 Å². The number of halogens is 3. The fourth-order valence-electron chi connectivity index (χ4n) is 4.82. The summed E-state index contributed by atoms with van der Waals surface area (Å²) >= 11 is -1.14. The summed E-state index contributed by atoms with van der Waals surface area (Å²) in [5, 5.41) is 39.8. The lowest BCUT2D eigenvalue weighted by molar-refractivity contribution is -0.213. The number of aryl methyl sites for hydroxylation is 1. The maximum atomic E-state index is 13.3. The Balaban J connectivity index is 1.57. The number of ether oxygens (including phenoxy) is 1. The van der Waals surface area contributed by atoms with Crippen molar-refractivity contribution in [3.05, 3.63) is 69.1 Å². The predicted octanol–water partition coefficient (Wildman–Crippen LogP) is 4.54. The first kappa shape index (κ1) is 33.5. The average molecular weight is 914 g/mol. The number of alkyl halides is 2. The number of aliphatic hydroxyl groups is 3. The molecule has 1 saturated heterocycles. The van der Waals surface area contributed by atoms with Gasteiger partial charge in [-0.2, -0.15) is 5.10 Å². The zero-order valence-corrected chi connectivity index (χ0v) is 30.3. The molecule has 228 valence electrons. The lowest BCUT2D eigenvalue weighted by Crippen LogP contribution is -2.66. The van der Waals surface area contributed by atoms with Gasteiger partial charge < -0.3 is 25.4 Å². The summed E-state index contributed by atoms with van der Waals surface area (Å²) in [6, 6.07) is 13.6. The normalized spacial score (nSPS) is 19.6. The van der Waals surface area contributed by atoms with Gasteiger partial charge in [0.1, 0.15) is 11.4 Å². The monoisotopic (exact) mass is 914 g/mol. The van der Waals surface area contributed by atoms with E-state index in [-0.39, 0.29) is 35.3 Å². The number of aliphatic hydroxyl groups excluding tert-OH is 1. The summed E-state index contributed by atoms with van der Waals surface area (Å²) in [6.45, 7) is 5.92. The molecule has 9 nitrogen and oxygen atoms in total. The molecule has 1 fully saturated rings. The maximum Gasteiger partial charge on any atom is 0.259 e. The van der Waals surface area contributed by atoms with Crippen LogP contribution in [0.2, 0.25) is 0 Å². The number of piperidine rings is 1. The number of hydrogen-bond donors (Lipinski definition) is 4. The predicted molar refractivity (Wildman–Crippen MR) is 196 cm³/mol. The minimum atomic E-state index is -1.67. The van der Waals surface area contributed by atoms with Crippen LogP contribution in [0.3, 0.4) is 0 Å². The van der Waals surface area contributed by atoms with Crippen LogP contribution in [0.25, 0.3) is 5.69 Å². The van der Waals surface area contributed by atoms with Gasteiger partial charge in [-0.05, 0) is 57.5 Å². The number of amides is 1. The molecule has 1 aromatic heterocycles. The van der Waals surface area contributed by atoms with Crippen LogP contribution in [0.4, 0.5) is 5.69 Å². The van der Waals surface area contributed by atoms with E-state index < -0.39 is 58.8 Å². The van der Waals surface area contributed by atoms with Gasteiger partial charge in [-0.15, -0.1) is 0 Å². The summed E-state index contributed by atoms with van der Waals surface area (Å²) in [4.78, 5) is 15.3. The molecule has 2 aromatic carbocycles. The smallest absolute Gasteiger partial charge is 0.259 e. The molecule has 1 aliphatic rings. The van der Waals surface area contributed by atoms with Crippen LogP contribution in [-0.4, -0.2) is 82.0 Å². The van der Waals surface area contributed by atoms with E-state index >= 15 is 0 Å². The quantitative estimate of drug-likeness (QED) is 0.165. The molecule has 1 amide bonds. The SMILES string of the molecule is C=Ic1ccc(-n2cc(C(=O)Nc3ccc(CN4CC[C@@H](O)[C@](O)(C(C)(C)O)C4)c(OC(I=C)I=C)c3)c(C)n2)cc1. The highest BCUT2D eigenvalue weighted by Crippen LogP contribution is 2.35. The van der Waals surface area contributed by atoms with E-state index in [0.29, 0.717) is 42.2 Å². The Morgan fingerprint density at radius 3 is 2.52 bits per heavy atom. The minimum Gasteiger partial charge on any atom is -0.471 e. The molecule has 0 unspecified atom stereocenters. The van der Waals surface area contributed by atoms with Crippen molar-refractivity contribution in [2.45, 2.75) is 53.2 Å². The van der Waals surface area contributed by atoms with Crippen LogP contribution in [0, 0.1) is 10.5 Å². The molecule has 4 N–H and O–H groups in total. The van der Waals surface area contributed by atoms with Gasteiger partial charge in [0, 0.05) is 46.7 Å². The summed E-state index contributed by atoms with van der Waals surface area (Å²) in [5.41, 5.74) is 0.268. The van der Waals surface area contributed by atoms with Gasteiger partial charge in [0.25, 0.3) is 5.91 Å². The molecular weight excluding hydrogens is 877 g/mol. The zero-order chi connectivity index (χ0) is 30.7. The first-order valence-corrected chi connectivity index (χ1v) is 21.3. The first-order valence-electron chi connectivity index (χ1n) is 13.1. The molecule has 2 atom stereocenters. The van der Waals surface area contributed by atoms with Crippen LogP contribution in [0.5, 0.6) is 5.75 Å². The minimum absolute atomic E-state index is 0.00116. The Morgan fingerprint density at radius 1 is 1.21 bits per heavy atom. The number of aromatic nitrogens is 2. The number of carbonyl (C=O) groups is 1. The van der Waals surface area contributed by atoms with Crippen molar-refractivity contribution < 1.29 is 24.9 Å². The number of nitrogens with one attached hydrogen (secondary N) is 1.